The van der Waals surface area contributed by atoms with Gasteiger partial charge in [-0.3, -0.25) is 0 Å². The lowest BCUT2D eigenvalue weighted by Crippen LogP contribution is -2.03. The van der Waals surface area contributed by atoms with E-state index in [-0.39, 0.29) is 17.7 Å². The molecule has 0 amide bonds. The maximum Gasteiger partial charge on any atom is 0.165 e. The summed E-state index contributed by atoms with van der Waals surface area (Å²) in [6.45, 7) is 1.71. The van der Waals surface area contributed by atoms with E-state index < -0.39 is 0 Å². The number of halogens is 1. The first-order chi connectivity index (χ1) is 6.65. The first-order valence-corrected chi connectivity index (χ1v) is 4.64. The Morgan fingerprint density at radius 3 is 2.79 bits per heavy atom. The van der Waals surface area contributed by atoms with E-state index >= 15 is 0 Å². The van der Waals surface area contributed by atoms with Gasteiger partial charge in [-0.05, 0) is 31.4 Å². The zero-order chi connectivity index (χ0) is 10.6. The molecular formula is C11H15FO2. The molecule has 78 valence electrons. The van der Waals surface area contributed by atoms with Gasteiger partial charge >= 0.3 is 0 Å². The summed E-state index contributed by atoms with van der Waals surface area (Å²) in [4.78, 5) is 0. The smallest absolute Gasteiger partial charge is 0.165 e. The summed E-state index contributed by atoms with van der Waals surface area (Å²) >= 11 is 0. The Labute approximate surface area is 83.3 Å². The summed E-state index contributed by atoms with van der Waals surface area (Å²) in [5, 5.41) is 9.11. The Morgan fingerprint density at radius 1 is 1.50 bits per heavy atom. The molecule has 1 unspecified atom stereocenters. The Kier molecular flexibility index (Phi) is 3.89. The molecular weight excluding hydrogens is 183 g/mol. The number of ether oxygens (including phenoxy) is 1. The normalized spacial score (nSPS) is 12.6. The van der Waals surface area contributed by atoms with Crippen LogP contribution in [0.3, 0.4) is 0 Å². The number of hydrogen-bond acceptors (Lipinski definition) is 2. The summed E-state index contributed by atoms with van der Waals surface area (Å²) in [5.74, 6) is -0.0660. The Bertz CT molecular complexity index is 297. The molecule has 0 aliphatic carbocycles. The number of aliphatic hydroxyl groups is 1. The standard InChI is InChI=1S/C11H15FO2/c1-8(13)6-7-9-4-3-5-10(12)11(9)14-2/h3-5,8,13H,6-7H2,1-2H3. The third kappa shape index (κ3) is 2.70. The minimum atomic E-state index is -0.372. The minimum absolute atomic E-state index is 0.285. The van der Waals surface area contributed by atoms with Gasteiger partial charge in [-0.2, -0.15) is 0 Å². The van der Waals surface area contributed by atoms with E-state index in [0.29, 0.717) is 12.8 Å². The fourth-order valence-corrected chi connectivity index (χ4v) is 1.34. The molecule has 0 bridgehead atoms. The number of aliphatic hydroxyl groups excluding tert-OH is 1. The van der Waals surface area contributed by atoms with Crippen LogP contribution in [-0.4, -0.2) is 18.3 Å². The largest absolute Gasteiger partial charge is 0.493 e. The van der Waals surface area contributed by atoms with Crippen LogP contribution in [0.2, 0.25) is 0 Å². The fourth-order valence-electron chi connectivity index (χ4n) is 1.34. The average molecular weight is 198 g/mol. The molecule has 0 aliphatic rings. The van der Waals surface area contributed by atoms with Crippen molar-refractivity contribution < 1.29 is 14.2 Å². The van der Waals surface area contributed by atoms with Gasteiger partial charge in [-0.1, -0.05) is 12.1 Å². The molecule has 2 nitrogen and oxygen atoms in total. The number of aryl methyl sites for hydroxylation is 1. The monoisotopic (exact) mass is 198 g/mol. The van der Waals surface area contributed by atoms with Crippen molar-refractivity contribution in [1.29, 1.82) is 0 Å². The van der Waals surface area contributed by atoms with Gasteiger partial charge in [-0.25, -0.2) is 4.39 Å². The number of benzene rings is 1. The zero-order valence-electron chi connectivity index (χ0n) is 8.46. The second kappa shape index (κ2) is 4.96. The quantitative estimate of drug-likeness (QED) is 0.803. The summed E-state index contributed by atoms with van der Waals surface area (Å²) in [6, 6.07) is 4.82. The van der Waals surface area contributed by atoms with E-state index in [1.165, 1.54) is 13.2 Å². The van der Waals surface area contributed by atoms with Gasteiger partial charge in [0.05, 0.1) is 13.2 Å². The molecule has 0 saturated heterocycles. The molecule has 0 radical (unpaired) electrons. The van der Waals surface area contributed by atoms with Crippen molar-refractivity contribution in [2.24, 2.45) is 0 Å². The van der Waals surface area contributed by atoms with Crippen molar-refractivity contribution in [3.8, 4) is 5.75 Å². The molecule has 1 atom stereocenters. The van der Waals surface area contributed by atoms with Gasteiger partial charge in [0.1, 0.15) is 0 Å². The van der Waals surface area contributed by atoms with E-state index in [1.807, 2.05) is 6.07 Å². The molecule has 1 rings (SSSR count). The van der Waals surface area contributed by atoms with Crippen molar-refractivity contribution in [3.05, 3.63) is 29.6 Å². The van der Waals surface area contributed by atoms with Gasteiger partial charge < -0.3 is 9.84 Å². The van der Waals surface area contributed by atoms with Crippen LogP contribution in [0.15, 0.2) is 18.2 Å². The molecule has 0 aliphatic heterocycles. The first kappa shape index (κ1) is 11.0. The van der Waals surface area contributed by atoms with Crippen LogP contribution in [0.1, 0.15) is 18.9 Å². The second-order valence-electron chi connectivity index (χ2n) is 3.32. The van der Waals surface area contributed by atoms with Crippen molar-refractivity contribution in [3.63, 3.8) is 0 Å². The molecule has 1 aromatic carbocycles. The lowest BCUT2D eigenvalue weighted by atomic mass is 10.1. The van der Waals surface area contributed by atoms with Crippen LogP contribution in [0.25, 0.3) is 0 Å². The number of para-hydroxylation sites is 1. The highest BCUT2D eigenvalue weighted by atomic mass is 19.1. The third-order valence-corrected chi connectivity index (χ3v) is 2.08. The fraction of sp³-hybridized carbons (Fsp3) is 0.455. The van der Waals surface area contributed by atoms with E-state index in [0.717, 1.165) is 5.56 Å². The molecule has 0 heterocycles. The average Bonchev–Trinajstić information content (AvgIpc) is 2.14. The lowest BCUT2D eigenvalue weighted by Gasteiger charge is -2.09. The van der Waals surface area contributed by atoms with E-state index in [4.69, 9.17) is 9.84 Å². The highest BCUT2D eigenvalue weighted by Gasteiger charge is 2.08. The molecule has 0 saturated carbocycles. The second-order valence-corrected chi connectivity index (χ2v) is 3.32. The Morgan fingerprint density at radius 2 is 2.21 bits per heavy atom. The molecule has 0 aromatic heterocycles. The predicted octanol–water partition coefficient (Wildman–Crippen LogP) is 2.15. The minimum Gasteiger partial charge on any atom is -0.493 e. The SMILES string of the molecule is COc1c(F)cccc1CCC(C)O. The van der Waals surface area contributed by atoms with Gasteiger partial charge in [-0.15, -0.1) is 0 Å². The lowest BCUT2D eigenvalue weighted by molar-refractivity contribution is 0.184. The Hall–Kier alpha value is -1.09. The number of rotatable bonds is 4. The maximum atomic E-state index is 13.2. The van der Waals surface area contributed by atoms with Crippen molar-refractivity contribution in [2.45, 2.75) is 25.9 Å². The van der Waals surface area contributed by atoms with E-state index in [2.05, 4.69) is 0 Å². The van der Waals surface area contributed by atoms with E-state index in [1.54, 1.807) is 13.0 Å². The van der Waals surface area contributed by atoms with Crippen LogP contribution in [0.4, 0.5) is 4.39 Å². The van der Waals surface area contributed by atoms with Crippen LogP contribution < -0.4 is 4.74 Å². The molecule has 14 heavy (non-hydrogen) atoms. The van der Waals surface area contributed by atoms with Gasteiger partial charge in [0, 0.05) is 0 Å². The molecule has 3 heteroatoms. The maximum absolute atomic E-state index is 13.2. The van der Waals surface area contributed by atoms with Crippen LogP contribution in [-0.2, 0) is 6.42 Å². The van der Waals surface area contributed by atoms with Crippen molar-refractivity contribution >= 4 is 0 Å². The molecule has 1 N–H and O–H groups in total. The first-order valence-electron chi connectivity index (χ1n) is 4.64. The summed E-state index contributed by atoms with van der Waals surface area (Å²) in [7, 11) is 1.45. The Balaban J connectivity index is 2.80. The predicted molar refractivity (Wildman–Crippen MR) is 53.0 cm³/mol. The summed E-state index contributed by atoms with van der Waals surface area (Å²) in [5.41, 5.74) is 0.799. The van der Waals surface area contributed by atoms with Crippen LogP contribution in [0, 0.1) is 5.82 Å². The van der Waals surface area contributed by atoms with Gasteiger partial charge in [0.2, 0.25) is 0 Å². The third-order valence-electron chi connectivity index (χ3n) is 2.08. The van der Waals surface area contributed by atoms with Gasteiger partial charge in [0.25, 0.3) is 0 Å². The number of methoxy groups -OCH3 is 1. The molecule has 0 spiro atoms. The highest BCUT2D eigenvalue weighted by molar-refractivity contribution is 5.34. The molecule has 1 aromatic rings. The van der Waals surface area contributed by atoms with E-state index in [9.17, 15) is 4.39 Å². The van der Waals surface area contributed by atoms with Crippen LogP contribution >= 0.6 is 0 Å². The zero-order valence-corrected chi connectivity index (χ0v) is 8.46. The highest BCUT2D eigenvalue weighted by Crippen LogP contribution is 2.23. The molecule has 0 fully saturated rings. The van der Waals surface area contributed by atoms with Gasteiger partial charge in [0.15, 0.2) is 11.6 Å². The van der Waals surface area contributed by atoms with Crippen molar-refractivity contribution in [1.82, 2.24) is 0 Å². The topological polar surface area (TPSA) is 29.5 Å². The summed E-state index contributed by atoms with van der Waals surface area (Å²) in [6.07, 6.45) is 0.862. The summed E-state index contributed by atoms with van der Waals surface area (Å²) < 4.78 is 18.1. The van der Waals surface area contributed by atoms with Crippen molar-refractivity contribution in [2.75, 3.05) is 7.11 Å². The van der Waals surface area contributed by atoms with Crippen LogP contribution in [0.5, 0.6) is 5.75 Å². The number of hydrogen-bond donors (Lipinski definition) is 1.